The summed E-state index contributed by atoms with van der Waals surface area (Å²) in [5.74, 6) is 1.29. The quantitative estimate of drug-likeness (QED) is 0.835. The van der Waals surface area contributed by atoms with Crippen molar-refractivity contribution in [3.63, 3.8) is 0 Å². The summed E-state index contributed by atoms with van der Waals surface area (Å²) in [6.45, 7) is 0. The van der Waals surface area contributed by atoms with Crippen LogP contribution in [0.4, 0.5) is 18.9 Å². The van der Waals surface area contributed by atoms with Crippen molar-refractivity contribution in [2.45, 2.75) is 11.3 Å². The number of ether oxygens (including phenoxy) is 1. The fourth-order valence-corrected chi connectivity index (χ4v) is 2.98. The highest BCUT2D eigenvalue weighted by molar-refractivity contribution is 7.92. The first-order chi connectivity index (χ1) is 11.3. The van der Waals surface area contributed by atoms with Crippen LogP contribution < -0.4 is 9.46 Å². The van der Waals surface area contributed by atoms with Crippen molar-refractivity contribution >= 4 is 15.7 Å². The number of benzene rings is 2. The highest BCUT2D eigenvalue weighted by Crippen LogP contribution is 2.28. The Labute approximate surface area is 137 Å². The first-order valence-electron chi connectivity index (χ1n) is 6.53. The Balaban J connectivity index is 2.39. The fraction of sp³-hybridized carbons (Fsp3) is 0.125. The third-order valence-corrected chi connectivity index (χ3v) is 4.52. The van der Waals surface area contributed by atoms with Crippen molar-refractivity contribution in [2.75, 3.05) is 11.8 Å². The maximum atomic E-state index is 13.8. The number of sulfonamides is 1. The van der Waals surface area contributed by atoms with Gasteiger partial charge >= 0.3 is 0 Å². The van der Waals surface area contributed by atoms with Crippen molar-refractivity contribution < 1.29 is 26.3 Å². The van der Waals surface area contributed by atoms with E-state index >= 15 is 0 Å². The number of halogens is 3. The molecule has 0 aromatic heterocycles. The second-order valence-corrected chi connectivity index (χ2v) is 6.33. The average Bonchev–Trinajstić information content (AvgIpc) is 2.55. The Bertz CT molecular complexity index is 888. The zero-order valence-corrected chi connectivity index (χ0v) is 13.2. The molecule has 4 nitrogen and oxygen atoms in total. The van der Waals surface area contributed by atoms with E-state index in [1.807, 2.05) is 0 Å². The zero-order chi connectivity index (χ0) is 17.9. The summed E-state index contributed by atoms with van der Waals surface area (Å²) in [6, 6.07) is 6.11. The molecular formula is C16H12F3NO3S. The minimum absolute atomic E-state index is 0.0704. The Morgan fingerprint density at radius 1 is 1.21 bits per heavy atom. The van der Waals surface area contributed by atoms with Crippen LogP contribution in [0.1, 0.15) is 17.6 Å². The van der Waals surface area contributed by atoms with E-state index in [1.165, 1.54) is 13.2 Å². The number of alkyl halides is 2. The monoisotopic (exact) mass is 355 g/mol. The maximum absolute atomic E-state index is 13.8. The summed E-state index contributed by atoms with van der Waals surface area (Å²) in [5, 5.41) is 0. The third kappa shape index (κ3) is 3.63. The molecule has 0 bridgehead atoms. The predicted octanol–water partition coefficient (Wildman–Crippen LogP) is 3.55. The molecule has 0 unspecified atom stereocenters. The molecule has 0 saturated heterocycles. The van der Waals surface area contributed by atoms with Crippen molar-refractivity contribution in [1.29, 1.82) is 0 Å². The molecule has 0 fully saturated rings. The van der Waals surface area contributed by atoms with Gasteiger partial charge in [0.05, 0.1) is 23.3 Å². The van der Waals surface area contributed by atoms with Crippen molar-refractivity contribution in [2.24, 2.45) is 0 Å². The average molecular weight is 355 g/mol. The molecule has 0 spiro atoms. The van der Waals surface area contributed by atoms with Gasteiger partial charge in [0.2, 0.25) is 0 Å². The molecule has 0 atom stereocenters. The molecule has 0 amide bonds. The molecule has 0 aliphatic heterocycles. The fourth-order valence-electron chi connectivity index (χ4n) is 1.91. The highest BCUT2D eigenvalue weighted by atomic mass is 32.2. The van der Waals surface area contributed by atoms with Gasteiger partial charge in [0, 0.05) is 17.7 Å². The zero-order valence-electron chi connectivity index (χ0n) is 12.4. The van der Waals surface area contributed by atoms with Crippen LogP contribution in [0.2, 0.25) is 0 Å². The molecular weight excluding hydrogens is 343 g/mol. The summed E-state index contributed by atoms with van der Waals surface area (Å²) in [7, 11) is -2.88. The van der Waals surface area contributed by atoms with Gasteiger partial charge in [0.25, 0.3) is 16.4 Å². The van der Waals surface area contributed by atoms with Gasteiger partial charge in [-0.05, 0) is 12.1 Å². The van der Waals surface area contributed by atoms with E-state index in [-0.39, 0.29) is 27.5 Å². The predicted molar refractivity (Wildman–Crippen MR) is 83.1 cm³/mol. The summed E-state index contributed by atoms with van der Waals surface area (Å²) in [6.07, 6.45) is 2.58. The smallest absolute Gasteiger partial charge is 0.263 e. The lowest BCUT2D eigenvalue weighted by Crippen LogP contribution is -2.14. The van der Waals surface area contributed by atoms with Gasteiger partial charge in [-0.15, -0.1) is 6.42 Å². The van der Waals surface area contributed by atoms with E-state index in [9.17, 15) is 21.6 Å². The molecule has 0 radical (unpaired) electrons. The second-order valence-electron chi connectivity index (χ2n) is 4.65. The summed E-state index contributed by atoms with van der Waals surface area (Å²) in [4.78, 5) is -0.258. The molecule has 0 aliphatic carbocycles. The normalized spacial score (nSPS) is 11.2. The maximum Gasteiger partial charge on any atom is 0.263 e. The van der Waals surface area contributed by atoms with Crippen molar-refractivity contribution in [3.05, 3.63) is 53.3 Å². The largest absolute Gasteiger partial charge is 0.494 e. The molecule has 8 heteroatoms. The number of rotatable bonds is 5. The number of methoxy groups -OCH3 is 1. The lowest BCUT2D eigenvalue weighted by molar-refractivity contribution is 0.151. The lowest BCUT2D eigenvalue weighted by Gasteiger charge is -2.12. The van der Waals surface area contributed by atoms with E-state index in [0.717, 1.165) is 30.3 Å². The van der Waals surface area contributed by atoms with Crippen molar-refractivity contribution in [1.82, 2.24) is 0 Å². The van der Waals surface area contributed by atoms with E-state index < -0.39 is 22.3 Å². The van der Waals surface area contributed by atoms with Gasteiger partial charge < -0.3 is 4.74 Å². The van der Waals surface area contributed by atoms with Crippen LogP contribution in [0.25, 0.3) is 0 Å². The van der Waals surface area contributed by atoms with Crippen LogP contribution in [0.3, 0.4) is 0 Å². The van der Waals surface area contributed by atoms with E-state index in [1.54, 1.807) is 0 Å². The number of hydrogen-bond donors (Lipinski definition) is 1. The first kappa shape index (κ1) is 17.7. The van der Waals surface area contributed by atoms with Gasteiger partial charge in [-0.2, -0.15) is 0 Å². The topological polar surface area (TPSA) is 55.4 Å². The van der Waals surface area contributed by atoms with Crippen molar-refractivity contribution in [3.8, 4) is 18.1 Å². The molecule has 1 N–H and O–H groups in total. The Hall–Kier alpha value is -2.66. The van der Waals surface area contributed by atoms with Gasteiger partial charge in [-0.1, -0.05) is 18.1 Å². The lowest BCUT2D eigenvalue weighted by atomic mass is 10.2. The van der Waals surface area contributed by atoms with Crippen LogP contribution in [0.15, 0.2) is 41.3 Å². The van der Waals surface area contributed by atoms with Crippen LogP contribution >= 0.6 is 0 Å². The summed E-state index contributed by atoms with van der Waals surface area (Å²) < 4.78 is 70.3. The molecule has 2 rings (SSSR count). The molecule has 2 aromatic rings. The number of hydrogen-bond acceptors (Lipinski definition) is 3. The number of terminal acetylenes is 1. The first-order valence-corrected chi connectivity index (χ1v) is 8.02. The van der Waals surface area contributed by atoms with E-state index in [2.05, 4.69) is 10.6 Å². The molecule has 2 aromatic carbocycles. The van der Waals surface area contributed by atoms with Gasteiger partial charge in [-0.25, -0.2) is 21.6 Å². The van der Waals surface area contributed by atoms with E-state index in [0.29, 0.717) is 0 Å². The summed E-state index contributed by atoms with van der Waals surface area (Å²) >= 11 is 0. The van der Waals surface area contributed by atoms with Gasteiger partial charge in [0.1, 0.15) is 0 Å². The second kappa shape index (κ2) is 6.84. The minimum Gasteiger partial charge on any atom is -0.494 e. The molecule has 0 aliphatic rings. The van der Waals surface area contributed by atoms with Gasteiger partial charge in [-0.3, -0.25) is 4.72 Å². The standard InChI is InChI=1S/C16H12F3NO3S/c1-3-10-8-15(23-2)13(17)9-14(10)20-24(21,22)12-6-4-11(5-7-12)16(18)19/h1,4-9,16,20H,2H3. The van der Waals surface area contributed by atoms with Crippen LogP contribution in [-0.2, 0) is 10.0 Å². The Kier molecular flexibility index (Phi) is 5.04. The number of anilines is 1. The van der Waals surface area contributed by atoms with Crippen LogP contribution in [0, 0.1) is 18.2 Å². The highest BCUT2D eigenvalue weighted by Gasteiger charge is 2.19. The molecule has 126 valence electrons. The molecule has 24 heavy (non-hydrogen) atoms. The SMILES string of the molecule is C#Cc1cc(OC)c(F)cc1NS(=O)(=O)c1ccc(C(F)F)cc1. The van der Waals surface area contributed by atoms with Crippen LogP contribution in [-0.4, -0.2) is 15.5 Å². The van der Waals surface area contributed by atoms with Crippen LogP contribution in [0.5, 0.6) is 5.75 Å². The van der Waals surface area contributed by atoms with Gasteiger partial charge in [0.15, 0.2) is 11.6 Å². The minimum atomic E-state index is -4.12. The third-order valence-electron chi connectivity index (χ3n) is 3.13. The molecule has 0 saturated carbocycles. The Morgan fingerprint density at radius 2 is 1.83 bits per heavy atom. The Morgan fingerprint density at radius 3 is 2.33 bits per heavy atom. The number of nitrogens with one attached hydrogen (secondary N) is 1. The summed E-state index contributed by atoms with van der Waals surface area (Å²) in [5.41, 5.74) is -0.400. The van der Waals surface area contributed by atoms with E-state index in [4.69, 9.17) is 11.2 Å². The molecule has 0 heterocycles.